The summed E-state index contributed by atoms with van der Waals surface area (Å²) < 4.78 is 10.5. The molecule has 1 aromatic carbocycles. The van der Waals surface area contributed by atoms with Crippen molar-refractivity contribution in [3.63, 3.8) is 0 Å². The van der Waals surface area contributed by atoms with Gasteiger partial charge in [0.1, 0.15) is 5.75 Å². The molecule has 0 radical (unpaired) electrons. The number of ether oxygens (including phenoxy) is 2. The van der Waals surface area contributed by atoms with Crippen LogP contribution in [0.4, 0.5) is 0 Å². The molecular formula is C17H20N2O5S. The Morgan fingerprint density at radius 3 is 2.88 bits per heavy atom. The molecule has 0 atom stereocenters. The predicted molar refractivity (Wildman–Crippen MR) is 93.5 cm³/mol. The Kier molecular flexibility index (Phi) is 7.36. The van der Waals surface area contributed by atoms with Gasteiger partial charge in [-0.15, -0.1) is 11.3 Å². The lowest BCUT2D eigenvalue weighted by atomic mass is 10.2. The van der Waals surface area contributed by atoms with Crippen molar-refractivity contribution in [2.75, 3.05) is 26.9 Å². The number of rotatable bonds is 10. The van der Waals surface area contributed by atoms with Gasteiger partial charge in [0.15, 0.2) is 5.69 Å². The number of thiazole rings is 1. The summed E-state index contributed by atoms with van der Waals surface area (Å²) in [6, 6.07) is 6.96. The van der Waals surface area contributed by atoms with E-state index in [1.54, 1.807) is 31.4 Å². The van der Waals surface area contributed by atoms with E-state index in [2.05, 4.69) is 10.3 Å². The third-order valence-electron chi connectivity index (χ3n) is 3.25. The first kappa shape index (κ1) is 18.9. The van der Waals surface area contributed by atoms with E-state index in [0.717, 1.165) is 6.42 Å². The number of methoxy groups -OCH3 is 1. The minimum absolute atomic E-state index is 0.0321. The molecule has 1 heterocycles. The highest BCUT2D eigenvalue weighted by atomic mass is 32.1. The quantitative estimate of drug-likeness (QED) is 0.628. The Morgan fingerprint density at radius 2 is 2.16 bits per heavy atom. The first-order valence-electron chi connectivity index (χ1n) is 7.78. The van der Waals surface area contributed by atoms with Gasteiger partial charge in [0.25, 0.3) is 5.91 Å². The van der Waals surface area contributed by atoms with Crippen LogP contribution in [-0.4, -0.2) is 48.8 Å². The summed E-state index contributed by atoms with van der Waals surface area (Å²) in [5.41, 5.74) is 0.541. The summed E-state index contributed by atoms with van der Waals surface area (Å²) in [5.74, 6) is -0.624. The fourth-order valence-electron chi connectivity index (χ4n) is 2.03. The molecule has 0 spiro atoms. The summed E-state index contributed by atoms with van der Waals surface area (Å²) in [7, 11) is 1.64. The molecule has 0 aliphatic rings. The van der Waals surface area contributed by atoms with Crippen LogP contribution in [0.3, 0.4) is 0 Å². The van der Waals surface area contributed by atoms with Gasteiger partial charge < -0.3 is 19.9 Å². The Morgan fingerprint density at radius 1 is 1.32 bits per heavy atom. The Hall–Kier alpha value is -2.45. The summed E-state index contributed by atoms with van der Waals surface area (Å²) >= 11 is 1.27. The number of hydrogen-bond donors (Lipinski definition) is 2. The standard InChI is InChI=1S/C17H20N2O5S/c1-23-8-3-9-24-13-5-2-4-12(10-13)16(20)18-7-6-15-19-14(11-25-15)17(21)22/h2,4-5,10-11H,3,6-9H2,1H3,(H,18,20)(H,21,22). The molecule has 0 fully saturated rings. The van der Waals surface area contributed by atoms with E-state index in [1.807, 2.05) is 0 Å². The number of benzene rings is 1. The monoisotopic (exact) mass is 364 g/mol. The molecule has 0 aliphatic carbocycles. The number of aromatic carboxylic acids is 1. The van der Waals surface area contributed by atoms with Crippen LogP contribution in [0, 0.1) is 0 Å². The second-order valence-electron chi connectivity index (χ2n) is 5.16. The van der Waals surface area contributed by atoms with E-state index < -0.39 is 5.97 Å². The fourth-order valence-corrected chi connectivity index (χ4v) is 2.80. The van der Waals surface area contributed by atoms with Crippen LogP contribution in [-0.2, 0) is 11.2 Å². The molecule has 0 saturated carbocycles. The number of carboxylic acids is 1. The molecule has 134 valence electrons. The molecule has 2 aromatic rings. The maximum atomic E-state index is 12.2. The number of nitrogens with zero attached hydrogens (tertiary/aromatic N) is 1. The van der Waals surface area contributed by atoms with Gasteiger partial charge in [-0.3, -0.25) is 4.79 Å². The normalized spacial score (nSPS) is 10.4. The zero-order chi connectivity index (χ0) is 18.1. The number of nitrogens with one attached hydrogen (secondary N) is 1. The molecule has 25 heavy (non-hydrogen) atoms. The summed E-state index contributed by atoms with van der Waals surface area (Å²) in [4.78, 5) is 26.9. The van der Waals surface area contributed by atoms with Gasteiger partial charge in [-0.05, 0) is 18.2 Å². The highest BCUT2D eigenvalue weighted by molar-refractivity contribution is 7.09. The highest BCUT2D eigenvalue weighted by Crippen LogP contribution is 2.14. The summed E-state index contributed by atoms with van der Waals surface area (Å²) in [5, 5.41) is 13.8. The van der Waals surface area contributed by atoms with Crippen LogP contribution >= 0.6 is 11.3 Å². The molecular weight excluding hydrogens is 344 g/mol. The molecule has 2 rings (SSSR count). The minimum Gasteiger partial charge on any atom is -0.493 e. The molecule has 0 aliphatic heterocycles. The van der Waals surface area contributed by atoms with Crippen molar-refractivity contribution < 1.29 is 24.2 Å². The number of amides is 1. The van der Waals surface area contributed by atoms with Crippen molar-refractivity contribution in [1.29, 1.82) is 0 Å². The van der Waals surface area contributed by atoms with Crippen LogP contribution in [0.25, 0.3) is 0 Å². The number of carbonyl (C=O) groups excluding carboxylic acids is 1. The number of aromatic nitrogens is 1. The first-order chi connectivity index (χ1) is 12.1. The van der Waals surface area contributed by atoms with Gasteiger partial charge >= 0.3 is 5.97 Å². The Balaban J connectivity index is 1.80. The SMILES string of the molecule is COCCCOc1cccc(C(=O)NCCc2nc(C(=O)O)cs2)c1. The molecule has 8 heteroatoms. The fraction of sp³-hybridized carbons (Fsp3) is 0.353. The molecule has 1 aromatic heterocycles. The van der Waals surface area contributed by atoms with Crippen molar-refractivity contribution in [3.8, 4) is 5.75 Å². The van der Waals surface area contributed by atoms with Crippen LogP contribution in [0.15, 0.2) is 29.6 Å². The van der Waals surface area contributed by atoms with Crippen molar-refractivity contribution in [3.05, 3.63) is 45.9 Å². The van der Waals surface area contributed by atoms with Crippen LogP contribution in [0.5, 0.6) is 5.75 Å². The average molecular weight is 364 g/mol. The zero-order valence-corrected chi connectivity index (χ0v) is 14.7. The molecule has 0 saturated heterocycles. The van der Waals surface area contributed by atoms with Gasteiger partial charge in [-0.25, -0.2) is 9.78 Å². The second-order valence-corrected chi connectivity index (χ2v) is 6.10. The molecule has 2 N–H and O–H groups in total. The van der Waals surface area contributed by atoms with E-state index >= 15 is 0 Å². The summed E-state index contributed by atoms with van der Waals surface area (Å²) in [6.45, 7) is 1.53. The lowest BCUT2D eigenvalue weighted by molar-refractivity contribution is 0.0690. The maximum Gasteiger partial charge on any atom is 0.355 e. The molecule has 0 bridgehead atoms. The molecule has 0 unspecified atom stereocenters. The third-order valence-corrected chi connectivity index (χ3v) is 4.16. The Labute approximate surface area is 149 Å². The largest absolute Gasteiger partial charge is 0.493 e. The van der Waals surface area contributed by atoms with Gasteiger partial charge in [0.05, 0.1) is 11.6 Å². The lowest BCUT2D eigenvalue weighted by Crippen LogP contribution is -2.25. The van der Waals surface area contributed by atoms with Crippen LogP contribution < -0.4 is 10.1 Å². The van der Waals surface area contributed by atoms with E-state index in [-0.39, 0.29) is 11.6 Å². The maximum absolute atomic E-state index is 12.2. The van der Waals surface area contributed by atoms with Crippen molar-refractivity contribution in [2.45, 2.75) is 12.8 Å². The summed E-state index contributed by atoms with van der Waals surface area (Å²) in [6.07, 6.45) is 1.26. The van der Waals surface area contributed by atoms with Crippen molar-refractivity contribution in [1.82, 2.24) is 10.3 Å². The van der Waals surface area contributed by atoms with E-state index in [0.29, 0.717) is 42.5 Å². The topological polar surface area (TPSA) is 97.8 Å². The number of carboxylic acid groups (broad SMARTS) is 1. The van der Waals surface area contributed by atoms with Crippen molar-refractivity contribution >= 4 is 23.2 Å². The Bertz CT molecular complexity index is 717. The van der Waals surface area contributed by atoms with E-state index in [4.69, 9.17) is 14.6 Å². The molecule has 7 nitrogen and oxygen atoms in total. The smallest absolute Gasteiger partial charge is 0.355 e. The zero-order valence-electron chi connectivity index (χ0n) is 13.9. The lowest BCUT2D eigenvalue weighted by Gasteiger charge is -2.08. The average Bonchev–Trinajstić information content (AvgIpc) is 3.08. The van der Waals surface area contributed by atoms with Gasteiger partial charge in [0, 0.05) is 44.0 Å². The number of carbonyl (C=O) groups is 2. The molecule has 1 amide bonds. The minimum atomic E-state index is -1.05. The number of hydrogen-bond acceptors (Lipinski definition) is 6. The highest BCUT2D eigenvalue weighted by Gasteiger charge is 2.10. The van der Waals surface area contributed by atoms with Crippen LogP contribution in [0.1, 0.15) is 32.3 Å². The first-order valence-corrected chi connectivity index (χ1v) is 8.66. The predicted octanol–water partition coefficient (Wildman–Crippen LogP) is 2.23. The van der Waals surface area contributed by atoms with Gasteiger partial charge in [-0.2, -0.15) is 0 Å². The van der Waals surface area contributed by atoms with Crippen LogP contribution in [0.2, 0.25) is 0 Å². The van der Waals surface area contributed by atoms with Gasteiger partial charge in [-0.1, -0.05) is 6.07 Å². The van der Waals surface area contributed by atoms with E-state index in [1.165, 1.54) is 16.7 Å². The van der Waals surface area contributed by atoms with E-state index in [9.17, 15) is 9.59 Å². The van der Waals surface area contributed by atoms with Crippen molar-refractivity contribution in [2.24, 2.45) is 0 Å². The third kappa shape index (κ3) is 6.17. The van der Waals surface area contributed by atoms with Gasteiger partial charge in [0.2, 0.25) is 0 Å². The second kappa shape index (κ2) is 9.75.